The van der Waals surface area contributed by atoms with Gasteiger partial charge >= 0.3 is 0 Å². The molecular formula is C22H28N4O6S2. The van der Waals surface area contributed by atoms with Crippen LogP contribution in [0.4, 0.5) is 11.4 Å². The van der Waals surface area contributed by atoms with Gasteiger partial charge in [0.05, 0.1) is 15.7 Å². The number of carbonyl (C=O) groups is 2. The van der Waals surface area contributed by atoms with Crippen LogP contribution in [0.5, 0.6) is 0 Å². The van der Waals surface area contributed by atoms with Gasteiger partial charge in [0, 0.05) is 45.5 Å². The second kappa shape index (κ2) is 10.2. The van der Waals surface area contributed by atoms with E-state index in [0.717, 1.165) is 4.31 Å². The summed E-state index contributed by atoms with van der Waals surface area (Å²) < 4.78 is 53.0. The third-order valence-corrected chi connectivity index (χ3v) is 9.18. The third kappa shape index (κ3) is 5.81. The number of sulfonamides is 2. The van der Waals surface area contributed by atoms with E-state index >= 15 is 0 Å². The average molecular weight is 509 g/mol. The van der Waals surface area contributed by atoms with E-state index in [-0.39, 0.29) is 34.7 Å². The Morgan fingerprint density at radius 1 is 0.882 bits per heavy atom. The summed E-state index contributed by atoms with van der Waals surface area (Å²) in [5.41, 5.74) is 1.14. The van der Waals surface area contributed by atoms with Crippen LogP contribution in [0.25, 0.3) is 0 Å². The van der Waals surface area contributed by atoms with Crippen LogP contribution >= 0.6 is 0 Å². The van der Waals surface area contributed by atoms with Gasteiger partial charge in [0.25, 0.3) is 0 Å². The highest BCUT2D eigenvalue weighted by atomic mass is 32.2. The lowest BCUT2D eigenvalue weighted by Crippen LogP contribution is -2.43. The number of anilines is 2. The van der Waals surface area contributed by atoms with Crippen molar-refractivity contribution in [2.24, 2.45) is 5.92 Å². The zero-order chi connectivity index (χ0) is 25.1. The van der Waals surface area contributed by atoms with E-state index in [2.05, 4.69) is 10.6 Å². The monoisotopic (exact) mass is 508 g/mol. The van der Waals surface area contributed by atoms with E-state index in [1.807, 2.05) is 0 Å². The molecule has 0 saturated carbocycles. The number of nitrogens with zero attached hydrogens (tertiary/aromatic N) is 2. The molecule has 2 aromatic rings. The fourth-order valence-electron chi connectivity index (χ4n) is 3.60. The van der Waals surface area contributed by atoms with Crippen LogP contribution in [-0.4, -0.2) is 64.4 Å². The van der Waals surface area contributed by atoms with E-state index in [9.17, 15) is 26.4 Å². The van der Waals surface area contributed by atoms with E-state index < -0.39 is 26.0 Å². The molecule has 12 heteroatoms. The second-order valence-corrected chi connectivity index (χ2v) is 12.3. The van der Waals surface area contributed by atoms with Crippen molar-refractivity contribution in [3.8, 4) is 0 Å². The topological polar surface area (TPSA) is 133 Å². The Morgan fingerprint density at radius 2 is 1.41 bits per heavy atom. The maximum atomic E-state index is 13.1. The molecule has 34 heavy (non-hydrogen) atoms. The van der Waals surface area contributed by atoms with Crippen molar-refractivity contribution in [2.45, 2.75) is 29.6 Å². The molecule has 10 nitrogen and oxygen atoms in total. The molecule has 1 heterocycles. The lowest BCUT2D eigenvalue weighted by atomic mass is 9.98. The van der Waals surface area contributed by atoms with Gasteiger partial charge in [-0.25, -0.2) is 21.1 Å². The van der Waals surface area contributed by atoms with Gasteiger partial charge in [-0.3, -0.25) is 9.59 Å². The highest BCUT2D eigenvalue weighted by Gasteiger charge is 2.33. The summed E-state index contributed by atoms with van der Waals surface area (Å²) in [5.74, 6) is -1.03. The molecule has 0 bridgehead atoms. The van der Waals surface area contributed by atoms with Crippen molar-refractivity contribution in [3.05, 3.63) is 48.5 Å². The molecule has 184 valence electrons. The molecule has 2 amide bonds. The van der Waals surface area contributed by atoms with Gasteiger partial charge in [0.15, 0.2) is 0 Å². The number of nitrogens with one attached hydrogen (secondary N) is 2. The van der Waals surface area contributed by atoms with Crippen molar-refractivity contribution in [3.63, 3.8) is 0 Å². The minimum atomic E-state index is -3.90. The van der Waals surface area contributed by atoms with Gasteiger partial charge in [0.2, 0.25) is 31.9 Å². The van der Waals surface area contributed by atoms with Gasteiger partial charge in [-0.2, -0.15) is 4.31 Å². The van der Waals surface area contributed by atoms with Crippen LogP contribution in [0, 0.1) is 5.92 Å². The molecule has 2 N–H and O–H groups in total. The SMILES string of the molecule is CC(=O)Nc1ccc(NC(=O)[C@H]2CCCN(S(=O)(=O)c3ccc(S(=O)(=O)N(C)C)cc3)C2)cc1. The van der Waals surface area contributed by atoms with E-state index in [1.165, 1.54) is 49.6 Å². The molecule has 1 atom stereocenters. The summed E-state index contributed by atoms with van der Waals surface area (Å²) in [6.45, 7) is 1.70. The summed E-state index contributed by atoms with van der Waals surface area (Å²) in [7, 11) is -4.77. The maximum absolute atomic E-state index is 13.1. The predicted molar refractivity (Wildman–Crippen MR) is 128 cm³/mol. The van der Waals surface area contributed by atoms with Crippen molar-refractivity contribution < 1.29 is 26.4 Å². The van der Waals surface area contributed by atoms with Crippen LogP contribution in [0.15, 0.2) is 58.3 Å². The third-order valence-electron chi connectivity index (χ3n) is 5.47. The van der Waals surface area contributed by atoms with Gasteiger partial charge in [-0.05, 0) is 61.4 Å². The Hall–Kier alpha value is -2.80. The number of piperidine rings is 1. The van der Waals surface area contributed by atoms with Gasteiger partial charge in [-0.1, -0.05) is 0 Å². The Kier molecular flexibility index (Phi) is 7.76. The molecule has 2 aromatic carbocycles. The molecule has 0 radical (unpaired) electrons. The van der Waals surface area contributed by atoms with E-state index in [0.29, 0.717) is 24.2 Å². The molecule has 1 aliphatic heterocycles. The van der Waals surface area contributed by atoms with Gasteiger partial charge in [0.1, 0.15) is 0 Å². The number of amides is 2. The number of rotatable bonds is 7. The number of hydrogen-bond donors (Lipinski definition) is 2. The highest BCUT2D eigenvalue weighted by Crippen LogP contribution is 2.26. The summed E-state index contributed by atoms with van der Waals surface area (Å²) in [6, 6.07) is 11.7. The molecule has 3 rings (SSSR count). The van der Waals surface area contributed by atoms with Crippen molar-refractivity contribution >= 4 is 43.2 Å². The Balaban J connectivity index is 1.69. The molecule has 0 unspecified atom stereocenters. The lowest BCUT2D eigenvalue weighted by molar-refractivity contribution is -0.121. The largest absolute Gasteiger partial charge is 0.326 e. The van der Waals surface area contributed by atoms with Gasteiger partial charge < -0.3 is 10.6 Å². The Morgan fingerprint density at radius 3 is 1.94 bits per heavy atom. The molecule has 1 saturated heterocycles. The summed E-state index contributed by atoms with van der Waals surface area (Å²) in [4.78, 5) is 23.9. The van der Waals surface area contributed by atoms with E-state index in [1.54, 1.807) is 24.3 Å². The molecule has 1 fully saturated rings. The fraction of sp³-hybridized carbons (Fsp3) is 0.364. The maximum Gasteiger partial charge on any atom is 0.243 e. The fourth-order valence-corrected chi connectivity index (χ4v) is 6.03. The smallest absolute Gasteiger partial charge is 0.243 e. The molecule has 0 aromatic heterocycles. The predicted octanol–water partition coefficient (Wildman–Crippen LogP) is 1.93. The van der Waals surface area contributed by atoms with Crippen LogP contribution in [-0.2, 0) is 29.6 Å². The number of benzene rings is 2. The number of carbonyl (C=O) groups excluding carboxylic acids is 2. The Bertz CT molecular complexity index is 1260. The minimum absolute atomic E-state index is 0.00290. The average Bonchev–Trinajstić information content (AvgIpc) is 2.80. The van der Waals surface area contributed by atoms with Gasteiger partial charge in [-0.15, -0.1) is 0 Å². The molecular weight excluding hydrogens is 480 g/mol. The molecule has 1 aliphatic rings. The van der Waals surface area contributed by atoms with Crippen LogP contribution in [0.2, 0.25) is 0 Å². The van der Waals surface area contributed by atoms with Crippen LogP contribution in [0.1, 0.15) is 19.8 Å². The molecule has 0 aliphatic carbocycles. The quantitative estimate of drug-likeness (QED) is 0.587. The zero-order valence-electron chi connectivity index (χ0n) is 19.2. The van der Waals surface area contributed by atoms with Crippen LogP contribution < -0.4 is 10.6 Å². The lowest BCUT2D eigenvalue weighted by Gasteiger charge is -2.31. The molecule has 0 spiro atoms. The Labute approximate surface area is 200 Å². The highest BCUT2D eigenvalue weighted by molar-refractivity contribution is 7.89. The van der Waals surface area contributed by atoms with Crippen molar-refractivity contribution in [1.29, 1.82) is 0 Å². The summed E-state index contributed by atoms with van der Waals surface area (Å²) in [5, 5.41) is 5.44. The van der Waals surface area contributed by atoms with Crippen LogP contribution in [0.3, 0.4) is 0 Å². The summed E-state index contributed by atoms with van der Waals surface area (Å²) in [6.07, 6.45) is 1.06. The minimum Gasteiger partial charge on any atom is -0.326 e. The normalized spacial score (nSPS) is 17.4. The second-order valence-electron chi connectivity index (χ2n) is 8.21. The zero-order valence-corrected chi connectivity index (χ0v) is 20.8. The van der Waals surface area contributed by atoms with Crippen molar-refractivity contribution in [1.82, 2.24) is 8.61 Å². The first-order valence-electron chi connectivity index (χ1n) is 10.6. The summed E-state index contributed by atoms with van der Waals surface area (Å²) >= 11 is 0. The standard InChI is InChI=1S/C22H28N4O6S2/c1-16(27)23-18-6-8-19(9-7-18)24-22(28)17-5-4-14-26(15-17)34(31,32)21-12-10-20(11-13-21)33(29,30)25(2)3/h6-13,17H,4-5,14-15H2,1-3H3,(H,23,27)(H,24,28)/t17-/m0/s1. The van der Waals surface area contributed by atoms with Crippen molar-refractivity contribution in [2.75, 3.05) is 37.8 Å². The van der Waals surface area contributed by atoms with E-state index in [4.69, 9.17) is 0 Å². The number of hydrogen-bond acceptors (Lipinski definition) is 6. The first-order valence-corrected chi connectivity index (χ1v) is 13.5. The first kappa shape index (κ1) is 25.8. The first-order chi connectivity index (χ1) is 15.9.